The van der Waals surface area contributed by atoms with Crippen molar-refractivity contribution in [1.29, 1.82) is 0 Å². The lowest BCUT2D eigenvalue weighted by Gasteiger charge is -2.27. The molecule has 0 bridgehead atoms. The van der Waals surface area contributed by atoms with E-state index in [-0.39, 0.29) is 11.6 Å². The Morgan fingerprint density at radius 2 is 2.14 bits per heavy atom. The Labute approximate surface area is 129 Å². The van der Waals surface area contributed by atoms with Gasteiger partial charge < -0.3 is 10.0 Å². The van der Waals surface area contributed by atoms with Gasteiger partial charge in [0.25, 0.3) is 5.69 Å². The predicted octanol–water partition coefficient (Wildman–Crippen LogP) is 2.37. The monoisotopic (exact) mass is 304 g/mol. The average Bonchev–Trinajstić information content (AvgIpc) is 2.91. The number of nitro groups is 1. The highest BCUT2D eigenvalue weighted by molar-refractivity contribution is 5.91. The fourth-order valence-corrected chi connectivity index (χ4v) is 2.75. The van der Waals surface area contributed by atoms with E-state index >= 15 is 0 Å². The molecule has 0 aliphatic heterocycles. The number of nitrogens with zero attached hydrogens (tertiary/aromatic N) is 2. The second-order valence-corrected chi connectivity index (χ2v) is 5.81. The molecule has 1 aromatic rings. The van der Waals surface area contributed by atoms with Gasteiger partial charge in [-0.25, -0.2) is 0 Å². The Kier molecular flexibility index (Phi) is 4.92. The van der Waals surface area contributed by atoms with Crippen molar-refractivity contribution in [1.82, 2.24) is 4.90 Å². The first-order valence-electron chi connectivity index (χ1n) is 7.30. The highest BCUT2D eigenvalue weighted by Gasteiger charge is 2.32. The number of hydrogen-bond donors (Lipinski definition) is 1. The molecule has 0 saturated heterocycles. The van der Waals surface area contributed by atoms with Gasteiger partial charge in [-0.3, -0.25) is 14.9 Å². The van der Waals surface area contributed by atoms with Crippen LogP contribution in [0.25, 0.3) is 6.08 Å². The number of amides is 1. The Hall–Kier alpha value is -2.21. The molecule has 0 radical (unpaired) electrons. The van der Waals surface area contributed by atoms with Crippen LogP contribution >= 0.6 is 0 Å². The third kappa shape index (κ3) is 4.14. The number of rotatable bonds is 5. The van der Waals surface area contributed by atoms with Crippen molar-refractivity contribution in [3.63, 3.8) is 0 Å². The van der Waals surface area contributed by atoms with Crippen LogP contribution in [0.1, 0.15) is 31.2 Å². The smallest absolute Gasteiger partial charge is 0.270 e. The molecule has 0 spiro atoms. The molecule has 1 amide bonds. The van der Waals surface area contributed by atoms with E-state index in [0.29, 0.717) is 12.1 Å². The second-order valence-electron chi connectivity index (χ2n) is 5.81. The largest absolute Gasteiger partial charge is 0.388 e. The Morgan fingerprint density at radius 3 is 2.77 bits per heavy atom. The minimum absolute atomic E-state index is 0.0109. The number of nitro benzene ring substituents is 1. The molecule has 1 aliphatic carbocycles. The van der Waals surface area contributed by atoms with Gasteiger partial charge in [-0.1, -0.05) is 25.0 Å². The van der Waals surface area contributed by atoms with Crippen molar-refractivity contribution in [3.05, 3.63) is 46.0 Å². The van der Waals surface area contributed by atoms with Crippen molar-refractivity contribution in [2.45, 2.75) is 31.3 Å². The molecule has 0 unspecified atom stereocenters. The van der Waals surface area contributed by atoms with Crippen molar-refractivity contribution >= 4 is 17.7 Å². The zero-order chi connectivity index (χ0) is 16.2. The summed E-state index contributed by atoms with van der Waals surface area (Å²) in [5.74, 6) is -0.230. The van der Waals surface area contributed by atoms with E-state index in [1.165, 1.54) is 23.1 Å². The van der Waals surface area contributed by atoms with Crippen LogP contribution in [0.4, 0.5) is 5.69 Å². The van der Waals surface area contributed by atoms with Gasteiger partial charge in [-0.2, -0.15) is 0 Å². The first kappa shape index (κ1) is 16.2. The Bertz CT molecular complexity index is 592. The summed E-state index contributed by atoms with van der Waals surface area (Å²) in [6, 6.07) is 6.09. The zero-order valence-corrected chi connectivity index (χ0v) is 12.6. The Morgan fingerprint density at radius 1 is 1.45 bits per heavy atom. The summed E-state index contributed by atoms with van der Waals surface area (Å²) < 4.78 is 0. The first-order valence-corrected chi connectivity index (χ1v) is 7.30. The van der Waals surface area contributed by atoms with Crippen LogP contribution < -0.4 is 0 Å². The summed E-state index contributed by atoms with van der Waals surface area (Å²) in [5.41, 5.74) is -0.192. The van der Waals surface area contributed by atoms with Crippen molar-refractivity contribution in [2.75, 3.05) is 13.6 Å². The lowest BCUT2D eigenvalue weighted by atomic mass is 10.0. The van der Waals surface area contributed by atoms with Gasteiger partial charge in [0, 0.05) is 31.8 Å². The molecule has 1 aromatic carbocycles. The van der Waals surface area contributed by atoms with Gasteiger partial charge in [-0.05, 0) is 24.5 Å². The maximum Gasteiger partial charge on any atom is 0.270 e. The average molecular weight is 304 g/mol. The number of carbonyl (C=O) groups excluding carboxylic acids is 1. The number of carbonyl (C=O) groups is 1. The second kappa shape index (κ2) is 6.70. The summed E-state index contributed by atoms with van der Waals surface area (Å²) in [5, 5.41) is 21.0. The fraction of sp³-hybridized carbons (Fsp3) is 0.438. The van der Waals surface area contributed by atoms with E-state index < -0.39 is 10.5 Å². The summed E-state index contributed by atoms with van der Waals surface area (Å²) in [6.45, 7) is 0.311. The topological polar surface area (TPSA) is 83.7 Å². The van der Waals surface area contributed by atoms with Gasteiger partial charge in [-0.15, -0.1) is 0 Å². The summed E-state index contributed by atoms with van der Waals surface area (Å²) in [6.07, 6.45) is 6.34. The lowest BCUT2D eigenvalue weighted by Crippen LogP contribution is -2.41. The molecule has 1 N–H and O–H groups in total. The predicted molar refractivity (Wildman–Crippen MR) is 83.2 cm³/mol. The fourth-order valence-electron chi connectivity index (χ4n) is 2.75. The molecule has 2 rings (SSSR count). The summed E-state index contributed by atoms with van der Waals surface area (Å²) in [7, 11) is 1.65. The number of likely N-dealkylation sites (N-methyl/N-ethyl adjacent to an activating group) is 1. The van der Waals surface area contributed by atoms with Gasteiger partial charge in [0.1, 0.15) is 0 Å². The standard InChI is InChI=1S/C16H20N2O4/c1-17(12-16(20)9-2-3-10-16)15(19)8-7-13-5-4-6-14(11-13)18(21)22/h4-8,11,20H,2-3,9-10,12H2,1H3/b8-7+. The quantitative estimate of drug-likeness (QED) is 0.514. The third-order valence-corrected chi connectivity index (χ3v) is 3.94. The molecular formula is C16H20N2O4. The van der Waals surface area contributed by atoms with E-state index in [1.807, 2.05) is 0 Å². The van der Waals surface area contributed by atoms with E-state index in [0.717, 1.165) is 25.7 Å². The maximum atomic E-state index is 12.1. The summed E-state index contributed by atoms with van der Waals surface area (Å²) >= 11 is 0. The molecule has 0 atom stereocenters. The minimum atomic E-state index is -0.774. The molecule has 0 heterocycles. The van der Waals surface area contributed by atoms with E-state index in [2.05, 4.69) is 0 Å². The highest BCUT2D eigenvalue weighted by Crippen LogP contribution is 2.29. The van der Waals surface area contributed by atoms with Crippen LogP contribution in [-0.2, 0) is 4.79 Å². The van der Waals surface area contributed by atoms with Crippen LogP contribution in [0.2, 0.25) is 0 Å². The van der Waals surface area contributed by atoms with E-state index in [4.69, 9.17) is 0 Å². The van der Waals surface area contributed by atoms with Crippen LogP contribution in [0.3, 0.4) is 0 Å². The Balaban J connectivity index is 1.98. The van der Waals surface area contributed by atoms with Crippen LogP contribution in [0.5, 0.6) is 0 Å². The number of hydrogen-bond acceptors (Lipinski definition) is 4. The molecule has 0 aromatic heterocycles. The zero-order valence-electron chi connectivity index (χ0n) is 12.6. The molecular weight excluding hydrogens is 284 g/mol. The molecule has 1 saturated carbocycles. The third-order valence-electron chi connectivity index (χ3n) is 3.94. The molecule has 1 fully saturated rings. The molecule has 6 heteroatoms. The van der Waals surface area contributed by atoms with Gasteiger partial charge in [0.05, 0.1) is 10.5 Å². The number of benzene rings is 1. The highest BCUT2D eigenvalue weighted by atomic mass is 16.6. The van der Waals surface area contributed by atoms with Crippen molar-refractivity contribution in [2.24, 2.45) is 0 Å². The van der Waals surface area contributed by atoms with Crippen LogP contribution in [0.15, 0.2) is 30.3 Å². The van der Waals surface area contributed by atoms with E-state index in [9.17, 15) is 20.0 Å². The van der Waals surface area contributed by atoms with Gasteiger partial charge >= 0.3 is 0 Å². The van der Waals surface area contributed by atoms with Crippen LogP contribution in [-0.4, -0.2) is 40.0 Å². The van der Waals surface area contributed by atoms with Crippen molar-refractivity contribution < 1.29 is 14.8 Å². The van der Waals surface area contributed by atoms with Gasteiger partial charge in [0.2, 0.25) is 5.91 Å². The SMILES string of the molecule is CN(CC1(O)CCCC1)C(=O)/C=C/c1cccc([N+](=O)[O-])c1. The molecule has 22 heavy (non-hydrogen) atoms. The maximum absolute atomic E-state index is 12.1. The summed E-state index contributed by atoms with van der Waals surface area (Å²) in [4.78, 5) is 23.8. The van der Waals surface area contributed by atoms with Crippen molar-refractivity contribution in [3.8, 4) is 0 Å². The number of aliphatic hydroxyl groups is 1. The normalized spacial score (nSPS) is 16.8. The van der Waals surface area contributed by atoms with Gasteiger partial charge in [0.15, 0.2) is 0 Å². The first-order chi connectivity index (χ1) is 10.4. The molecule has 118 valence electrons. The minimum Gasteiger partial charge on any atom is -0.388 e. The molecule has 6 nitrogen and oxygen atoms in total. The van der Waals surface area contributed by atoms with E-state index in [1.54, 1.807) is 25.3 Å². The molecule has 1 aliphatic rings. The van der Waals surface area contributed by atoms with Crippen LogP contribution in [0, 0.1) is 10.1 Å². The number of non-ortho nitro benzene ring substituents is 1. The lowest BCUT2D eigenvalue weighted by molar-refractivity contribution is -0.384.